The molecule has 104 valence electrons. The Morgan fingerprint density at radius 3 is 2.52 bits per heavy atom. The van der Waals surface area contributed by atoms with Crippen molar-refractivity contribution in [2.24, 2.45) is 0 Å². The van der Waals surface area contributed by atoms with E-state index in [9.17, 15) is 0 Å². The van der Waals surface area contributed by atoms with Crippen molar-refractivity contribution in [3.8, 4) is 11.1 Å². The number of fused-ring (bicyclic) bond motifs is 2. The molecule has 0 amide bonds. The summed E-state index contributed by atoms with van der Waals surface area (Å²) in [5, 5.41) is 0. The summed E-state index contributed by atoms with van der Waals surface area (Å²) in [5.74, 6) is 0. The molecule has 2 aliphatic rings. The molecule has 0 bridgehead atoms. The lowest BCUT2D eigenvalue weighted by molar-refractivity contribution is 0.607. The zero-order valence-electron chi connectivity index (χ0n) is 12.7. The zero-order chi connectivity index (χ0) is 14.4. The summed E-state index contributed by atoms with van der Waals surface area (Å²) < 4.78 is 0. The van der Waals surface area contributed by atoms with Gasteiger partial charge in [0.05, 0.1) is 0 Å². The van der Waals surface area contributed by atoms with Crippen molar-refractivity contribution in [3.05, 3.63) is 77.4 Å². The fourth-order valence-electron chi connectivity index (χ4n) is 3.85. The second kappa shape index (κ2) is 4.46. The first-order valence-corrected chi connectivity index (χ1v) is 7.78. The summed E-state index contributed by atoms with van der Waals surface area (Å²) in [6, 6.07) is 17.7. The van der Waals surface area contributed by atoms with E-state index in [-0.39, 0.29) is 5.41 Å². The van der Waals surface area contributed by atoms with Gasteiger partial charge in [-0.3, -0.25) is 0 Å². The van der Waals surface area contributed by atoms with E-state index < -0.39 is 0 Å². The normalized spacial score (nSPS) is 18.6. The van der Waals surface area contributed by atoms with Crippen molar-refractivity contribution < 1.29 is 0 Å². The molecule has 0 heteroatoms. The van der Waals surface area contributed by atoms with Crippen molar-refractivity contribution >= 4 is 5.57 Å². The summed E-state index contributed by atoms with van der Waals surface area (Å²) >= 11 is 0. The molecule has 0 atom stereocenters. The minimum atomic E-state index is 0.185. The van der Waals surface area contributed by atoms with Crippen LogP contribution in [0.3, 0.4) is 0 Å². The van der Waals surface area contributed by atoms with Crippen LogP contribution in [0.2, 0.25) is 0 Å². The van der Waals surface area contributed by atoms with E-state index in [1.54, 1.807) is 5.57 Å². The number of hydrogen-bond acceptors (Lipinski definition) is 0. The van der Waals surface area contributed by atoms with Crippen LogP contribution < -0.4 is 0 Å². The molecule has 0 saturated heterocycles. The Hall–Kier alpha value is -2.08. The van der Waals surface area contributed by atoms with Crippen molar-refractivity contribution in [3.63, 3.8) is 0 Å². The van der Waals surface area contributed by atoms with Crippen LogP contribution in [0.15, 0.2) is 66.3 Å². The zero-order valence-corrected chi connectivity index (χ0v) is 12.7. The van der Waals surface area contributed by atoms with Crippen LogP contribution in [0.1, 0.15) is 37.8 Å². The second-order valence-electron chi connectivity index (χ2n) is 6.58. The third kappa shape index (κ3) is 1.82. The summed E-state index contributed by atoms with van der Waals surface area (Å²) in [5.41, 5.74) is 8.81. The minimum absolute atomic E-state index is 0.185. The Kier molecular flexibility index (Phi) is 2.68. The standard InChI is InChI=1S/C21H20/c1-21(2)19-11-7-6-10-17(19)18-14-16(12-13-20(18)21)15-8-4-3-5-9-15/h3-6,8-10,12-14H,7,11H2,1-2H3. The fourth-order valence-corrected chi connectivity index (χ4v) is 3.85. The van der Waals surface area contributed by atoms with Gasteiger partial charge in [-0.2, -0.15) is 0 Å². The van der Waals surface area contributed by atoms with Gasteiger partial charge in [0, 0.05) is 5.41 Å². The lowest BCUT2D eigenvalue weighted by Crippen LogP contribution is -2.17. The van der Waals surface area contributed by atoms with E-state index in [0.717, 1.165) is 0 Å². The van der Waals surface area contributed by atoms with Gasteiger partial charge in [0.15, 0.2) is 0 Å². The van der Waals surface area contributed by atoms with Gasteiger partial charge in [0.1, 0.15) is 0 Å². The van der Waals surface area contributed by atoms with Crippen LogP contribution in [0.5, 0.6) is 0 Å². The van der Waals surface area contributed by atoms with Crippen LogP contribution in [0, 0.1) is 0 Å². The van der Waals surface area contributed by atoms with Crippen molar-refractivity contribution in [2.45, 2.75) is 32.1 Å². The van der Waals surface area contributed by atoms with Gasteiger partial charge in [0.25, 0.3) is 0 Å². The van der Waals surface area contributed by atoms with Gasteiger partial charge in [0.2, 0.25) is 0 Å². The lowest BCUT2D eigenvalue weighted by atomic mass is 9.78. The third-order valence-electron chi connectivity index (χ3n) is 5.02. The van der Waals surface area contributed by atoms with Gasteiger partial charge in [-0.05, 0) is 46.7 Å². The van der Waals surface area contributed by atoms with Crippen LogP contribution in [-0.2, 0) is 5.41 Å². The van der Waals surface area contributed by atoms with Gasteiger partial charge < -0.3 is 0 Å². The molecule has 0 aliphatic heterocycles. The Bertz CT molecular complexity index is 758. The predicted molar refractivity (Wildman–Crippen MR) is 90.2 cm³/mol. The maximum atomic E-state index is 2.38. The van der Waals surface area contributed by atoms with Gasteiger partial charge in [-0.1, -0.05) is 74.0 Å². The molecular weight excluding hydrogens is 252 g/mol. The van der Waals surface area contributed by atoms with E-state index in [1.807, 2.05) is 0 Å². The first-order valence-electron chi connectivity index (χ1n) is 7.78. The highest BCUT2D eigenvalue weighted by molar-refractivity contribution is 5.88. The highest BCUT2D eigenvalue weighted by Crippen LogP contribution is 2.50. The second-order valence-corrected chi connectivity index (χ2v) is 6.58. The minimum Gasteiger partial charge on any atom is -0.0836 e. The highest BCUT2D eigenvalue weighted by Gasteiger charge is 2.37. The molecule has 21 heavy (non-hydrogen) atoms. The molecular formula is C21H20. The van der Waals surface area contributed by atoms with E-state index in [2.05, 4.69) is 74.5 Å². The van der Waals surface area contributed by atoms with Crippen molar-refractivity contribution in [1.29, 1.82) is 0 Å². The number of benzene rings is 2. The van der Waals surface area contributed by atoms with Crippen molar-refractivity contribution in [2.75, 3.05) is 0 Å². The third-order valence-corrected chi connectivity index (χ3v) is 5.02. The molecule has 2 aromatic rings. The Labute approximate surface area is 126 Å². The van der Waals surface area contributed by atoms with Gasteiger partial charge >= 0.3 is 0 Å². The highest BCUT2D eigenvalue weighted by atomic mass is 14.4. The number of hydrogen-bond donors (Lipinski definition) is 0. The number of rotatable bonds is 1. The maximum absolute atomic E-state index is 2.38. The van der Waals surface area contributed by atoms with Crippen LogP contribution in [-0.4, -0.2) is 0 Å². The molecule has 0 aromatic heterocycles. The Morgan fingerprint density at radius 1 is 0.905 bits per heavy atom. The largest absolute Gasteiger partial charge is 0.0836 e. The molecule has 0 heterocycles. The van der Waals surface area contributed by atoms with Gasteiger partial charge in [-0.15, -0.1) is 0 Å². The first-order chi connectivity index (χ1) is 10.2. The molecule has 0 saturated carbocycles. The SMILES string of the molecule is CC1(C)C2=C(C=CCC2)c2cc(-c3ccccc3)ccc21. The van der Waals surface area contributed by atoms with E-state index >= 15 is 0 Å². The molecule has 4 rings (SSSR count). The summed E-state index contributed by atoms with van der Waals surface area (Å²) in [4.78, 5) is 0. The fraction of sp³-hybridized carbons (Fsp3) is 0.238. The van der Waals surface area contributed by atoms with E-state index in [1.165, 1.54) is 40.7 Å². The van der Waals surface area contributed by atoms with Crippen molar-refractivity contribution in [1.82, 2.24) is 0 Å². The molecule has 0 nitrogen and oxygen atoms in total. The maximum Gasteiger partial charge on any atom is 0.0121 e. The smallest absolute Gasteiger partial charge is 0.0121 e. The molecule has 0 fully saturated rings. The lowest BCUT2D eigenvalue weighted by Gasteiger charge is -2.25. The van der Waals surface area contributed by atoms with E-state index in [0.29, 0.717) is 0 Å². The molecule has 0 spiro atoms. The van der Waals surface area contributed by atoms with Crippen LogP contribution >= 0.6 is 0 Å². The van der Waals surface area contributed by atoms with Crippen LogP contribution in [0.25, 0.3) is 16.7 Å². The van der Waals surface area contributed by atoms with Crippen LogP contribution in [0.4, 0.5) is 0 Å². The molecule has 0 unspecified atom stereocenters. The quantitative estimate of drug-likeness (QED) is 0.620. The summed E-state index contributed by atoms with van der Waals surface area (Å²) in [7, 11) is 0. The number of allylic oxidation sites excluding steroid dienone is 4. The molecule has 2 aromatic carbocycles. The Morgan fingerprint density at radius 2 is 1.71 bits per heavy atom. The summed E-state index contributed by atoms with van der Waals surface area (Å²) in [6.45, 7) is 4.74. The average molecular weight is 272 g/mol. The molecule has 2 aliphatic carbocycles. The van der Waals surface area contributed by atoms with Gasteiger partial charge in [-0.25, -0.2) is 0 Å². The summed E-state index contributed by atoms with van der Waals surface area (Å²) in [6.07, 6.45) is 7.04. The average Bonchev–Trinajstić information content (AvgIpc) is 2.77. The predicted octanol–water partition coefficient (Wildman–Crippen LogP) is 5.75. The first kappa shape index (κ1) is 12.6. The Balaban J connectivity index is 1.91. The van der Waals surface area contributed by atoms with E-state index in [4.69, 9.17) is 0 Å². The monoisotopic (exact) mass is 272 g/mol. The molecule has 0 radical (unpaired) electrons. The topological polar surface area (TPSA) is 0 Å². The molecule has 0 N–H and O–H groups in total.